The van der Waals surface area contributed by atoms with Gasteiger partial charge < -0.3 is 14.5 Å². The van der Waals surface area contributed by atoms with Gasteiger partial charge in [0.05, 0.1) is 6.61 Å². The Hall–Kier alpha value is -1.35. The molecule has 4 nitrogen and oxygen atoms in total. The topological polar surface area (TPSA) is 66.8 Å². The van der Waals surface area contributed by atoms with Crippen molar-refractivity contribution in [3.8, 4) is 5.75 Å². The van der Waals surface area contributed by atoms with E-state index in [1.807, 2.05) is 18.2 Å². The van der Waals surface area contributed by atoms with Crippen LogP contribution >= 0.6 is 7.60 Å². The highest BCUT2D eigenvalue weighted by atomic mass is 31.2. The summed E-state index contributed by atoms with van der Waals surface area (Å²) in [6, 6.07) is 14.5. The summed E-state index contributed by atoms with van der Waals surface area (Å²) < 4.78 is 16.6. The number of hydrogen-bond donors (Lipinski definition) is 2. The highest BCUT2D eigenvalue weighted by Gasteiger charge is 2.10. The van der Waals surface area contributed by atoms with Crippen LogP contribution < -0.4 is 4.74 Å². The number of hydrogen-bond acceptors (Lipinski definition) is 2. The highest BCUT2D eigenvalue weighted by Crippen LogP contribution is 2.35. The van der Waals surface area contributed by atoms with Crippen LogP contribution in [0.5, 0.6) is 5.75 Å². The zero-order valence-corrected chi connectivity index (χ0v) is 16.4. The van der Waals surface area contributed by atoms with Gasteiger partial charge in [-0.25, -0.2) is 0 Å². The molecule has 2 aromatic carbocycles. The van der Waals surface area contributed by atoms with Gasteiger partial charge in [0.15, 0.2) is 0 Å². The van der Waals surface area contributed by atoms with E-state index in [9.17, 15) is 4.57 Å². The molecule has 144 valence electrons. The quantitative estimate of drug-likeness (QED) is 0.336. The maximum absolute atomic E-state index is 10.7. The summed E-state index contributed by atoms with van der Waals surface area (Å²) in [6.07, 6.45) is 9.76. The molecule has 0 unspecified atom stereocenters. The summed E-state index contributed by atoms with van der Waals surface area (Å²) in [6.45, 7) is 0.765. The summed E-state index contributed by atoms with van der Waals surface area (Å²) in [7, 11) is -3.79. The van der Waals surface area contributed by atoms with Gasteiger partial charge in [-0.1, -0.05) is 75.3 Å². The second kappa shape index (κ2) is 11.4. The third-order valence-corrected chi connectivity index (χ3v) is 5.48. The number of unbranched alkanes of at least 4 members (excludes halogenated alkanes) is 8. The molecular formula is C21H31O4P. The monoisotopic (exact) mass is 378 g/mol. The van der Waals surface area contributed by atoms with Crippen LogP contribution in [0, 0.1) is 0 Å². The predicted octanol–water partition coefficient (Wildman–Crippen LogP) is 5.91. The van der Waals surface area contributed by atoms with E-state index < -0.39 is 7.60 Å². The number of fused-ring (bicyclic) bond motifs is 1. The van der Waals surface area contributed by atoms with Crippen molar-refractivity contribution in [1.82, 2.24) is 0 Å². The van der Waals surface area contributed by atoms with E-state index in [1.165, 1.54) is 36.5 Å². The largest absolute Gasteiger partial charge is 0.494 e. The van der Waals surface area contributed by atoms with Gasteiger partial charge in [-0.3, -0.25) is 4.57 Å². The summed E-state index contributed by atoms with van der Waals surface area (Å²) in [5.41, 5.74) is 0. The van der Waals surface area contributed by atoms with Gasteiger partial charge >= 0.3 is 7.60 Å². The SMILES string of the molecule is O=P(O)(O)CCCCCCCCCCCOc1ccc2ccccc2c1. The molecule has 2 aromatic rings. The van der Waals surface area contributed by atoms with Crippen molar-refractivity contribution in [1.29, 1.82) is 0 Å². The minimum Gasteiger partial charge on any atom is -0.494 e. The Morgan fingerprint density at radius 2 is 1.31 bits per heavy atom. The van der Waals surface area contributed by atoms with E-state index in [0.29, 0.717) is 6.42 Å². The van der Waals surface area contributed by atoms with Crippen LogP contribution in [0.4, 0.5) is 0 Å². The van der Waals surface area contributed by atoms with Crippen LogP contribution in [0.3, 0.4) is 0 Å². The Labute approximate surface area is 156 Å². The van der Waals surface area contributed by atoms with Crippen LogP contribution in [0.1, 0.15) is 57.8 Å². The molecule has 0 saturated carbocycles. The first-order chi connectivity index (χ1) is 12.5. The van der Waals surface area contributed by atoms with Crippen molar-refractivity contribution in [3.05, 3.63) is 42.5 Å². The maximum Gasteiger partial charge on any atom is 0.325 e. The zero-order chi connectivity index (χ0) is 18.7. The Morgan fingerprint density at radius 3 is 1.96 bits per heavy atom. The van der Waals surface area contributed by atoms with E-state index >= 15 is 0 Å². The molecule has 0 spiro atoms. The summed E-state index contributed by atoms with van der Waals surface area (Å²) in [5, 5.41) is 2.45. The van der Waals surface area contributed by atoms with E-state index in [2.05, 4.69) is 24.3 Å². The van der Waals surface area contributed by atoms with Crippen LogP contribution in [-0.4, -0.2) is 22.6 Å². The van der Waals surface area contributed by atoms with Gasteiger partial charge in [0.25, 0.3) is 0 Å². The molecule has 0 amide bonds. The van der Waals surface area contributed by atoms with Gasteiger partial charge in [-0.05, 0) is 35.7 Å². The molecule has 26 heavy (non-hydrogen) atoms. The van der Waals surface area contributed by atoms with Crippen LogP contribution in [0.2, 0.25) is 0 Å². The molecule has 0 heterocycles. The summed E-state index contributed by atoms with van der Waals surface area (Å²) in [5.74, 6) is 0.944. The lowest BCUT2D eigenvalue weighted by Gasteiger charge is -2.07. The number of rotatable bonds is 13. The minimum atomic E-state index is -3.79. The summed E-state index contributed by atoms with van der Waals surface area (Å²) >= 11 is 0. The highest BCUT2D eigenvalue weighted by molar-refractivity contribution is 7.51. The smallest absolute Gasteiger partial charge is 0.325 e. The average Bonchev–Trinajstić information content (AvgIpc) is 2.61. The lowest BCUT2D eigenvalue weighted by molar-refractivity contribution is 0.304. The number of benzene rings is 2. The Kier molecular flexibility index (Phi) is 9.17. The fourth-order valence-electron chi connectivity index (χ4n) is 3.10. The first-order valence-corrected chi connectivity index (χ1v) is 11.5. The van der Waals surface area contributed by atoms with E-state index in [-0.39, 0.29) is 6.16 Å². The molecule has 0 saturated heterocycles. The lowest BCUT2D eigenvalue weighted by atomic mass is 10.1. The van der Waals surface area contributed by atoms with Crippen LogP contribution in [0.25, 0.3) is 10.8 Å². The molecule has 2 rings (SSSR count). The van der Waals surface area contributed by atoms with Crippen molar-refractivity contribution >= 4 is 18.4 Å². The zero-order valence-electron chi connectivity index (χ0n) is 15.5. The molecule has 0 aliphatic carbocycles. The molecule has 0 atom stereocenters. The number of ether oxygens (including phenoxy) is 1. The first-order valence-electron chi connectivity index (χ1n) is 9.71. The first kappa shape index (κ1) is 21.0. The van der Waals surface area contributed by atoms with Crippen molar-refractivity contribution in [2.75, 3.05) is 12.8 Å². The van der Waals surface area contributed by atoms with Crippen molar-refractivity contribution < 1.29 is 19.1 Å². The molecule has 0 fully saturated rings. The molecule has 5 heteroatoms. The van der Waals surface area contributed by atoms with Gasteiger partial charge in [-0.2, -0.15) is 0 Å². The van der Waals surface area contributed by atoms with Gasteiger partial charge in [0.2, 0.25) is 0 Å². The predicted molar refractivity (Wildman–Crippen MR) is 108 cm³/mol. The third-order valence-electron chi connectivity index (χ3n) is 4.58. The lowest BCUT2D eigenvalue weighted by Crippen LogP contribution is -1.97. The second-order valence-corrected chi connectivity index (χ2v) is 8.70. The van der Waals surface area contributed by atoms with Crippen molar-refractivity contribution in [2.24, 2.45) is 0 Å². The molecule has 0 aromatic heterocycles. The molecular weight excluding hydrogens is 347 g/mol. The standard InChI is InChI=1S/C21H31O4P/c22-26(23,24)17-11-7-5-3-1-2-4-6-10-16-25-21-15-14-19-12-8-9-13-20(19)18-21/h8-9,12-15,18H,1-7,10-11,16-17H2,(H2,22,23,24). The molecule has 0 radical (unpaired) electrons. The fraction of sp³-hybridized carbons (Fsp3) is 0.524. The fourth-order valence-corrected chi connectivity index (χ4v) is 3.74. The van der Waals surface area contributed by atoms with Crippen LogP contribution in [0.15, 0.2) is 42.5 Å². The van der Waals surface area contributed by atoms with Gasteiger partial charge in [0.1, 0.15) is 5.75 Å². The normalized spacial score (nSPS) is 11.8. The molecule has 0 aliphatic rings. The van der Waals surface area contributed by atoms with Gasteiger partial charge in [-0.15, -0.1) is 0 Å². The maximum atomic E-state index is 10.7. The Bertz CT molecular complexity index is 695. The van der Waals surface area contributed by atoms with Crippen LogP contribution in [-0.2, 0) is 4.57 Å². The summed E-state index contributed by atoms with van der Waals surface area (Å²) in [4.78, 5) is 17.6. The van der Waals surface area contributed by atoms with E-state index in [1.54, 1.807) is 0 Å². The second-order valence-electron chi connectivity index (χ2n) is 6.93. The van der Waals surface area contributed by atoms with E-state index in [0.717, 1.165) is 38.0 Å². The molecule has 2 N–H and O–H groups in total. The van der Waals surface area contributed by atoms with Gasteiger partial charge in [0, 0.05) is 6.16 Å². The minimum absolute atomic E-state index is 0.0320. The Morgan fingerprint density at radius 1 is 0.731 bits per heavy atom. The third kappa shape index (κ3) is 8.84. The van der Waals surface area contributed by atoms with Crippen molar-refractivity contribution in [2.45, 2.75) is 57.8 Å². The Balaban J connectivity index is 1.44. The average molecular weight is 378 g/mol. The van der Waals surface area contributed by atoms with E-state index in [4.69, 9.17) is 14.5 Å². The molecule has 0 bridgehead atoms. The molecule has 0 aliphatic heterocycles. The van der Waals surface area contributed by atoms with Crippen molar-refractivity contribution in [3.63, 3.8) is 0 Å².